The van der Waals surface area contributed by atoms with Crippen LogP contribution in [-0.4, -0.2) is 53.2 Å². The average Bonchev–Trinajstić information content (AvgIpc) is 3.31. The molecule has 9 nitrogen and oxygen atoms in total. The number of nitrogens with zero attached hydrogens (tertiary/aromatic N) is 1. The molecule has 0 fully saturated rings. The van der Waals surface area contributed by atoms with Gasteiger partial charge in [0, 0.05) is 5.56 Å². The third kappa shape index (κ3) is 6.86. The second kappa shape index (κ2) is 13.2. The van der Waals surface area contributed by atoms with Crippen molar-refractivity contribution in [3.63, 3.8) is 0 Å². The summed E-state index contributed by atoms with van der Waals surface area (Å²) in [5, 5.41) is 0. The zero-order valence-electron chi connectivity index (χ0n) is 25.8. The van der Waals surface area contributed by atoms with Crippen molar-refractivity contribution in [2.45, 2.75) is 63.4 Å². The average molecular weight is 609 g/mol. The highest BCUT2D eigenvalue weighted by atomic mass is 32.2. The van der Waals surface area contributed by atoms with Crippen molar-refractivity contribution in [1.82, 2.24) is 4.72 Å². The smallest absolute Gasteiger partial charge is 0.342 e. The van der Waals surface area contributed by atoms with E-state index < -0.39 is 27.6 Å². The number of benzene rings is 3. The van der Waals surface area contributed by atoms with Crippen molar-refractivity contribution in [1.29, 1.82) is 0 Å². The molecule has 0 aliphatic carbocycles. The highest BCUT2D eigenvalue weighted by Crippen LogP contribution is 2.41. The van der Waals surface area contributed by atoms with Crippen molar-refractivity contribution < 1.29 is 32.2 Å². The summed E-state index contributed by atoms with van der Waals surface area (Å²) in [5.41, 5.74) is 1.34. The lowest BCUT2D eigenvalue weighted by molar-refractivity contribution is -0.140. The Labute approximate surface area is 254 Å². The van der Waals surface area contributed by atoms with Crippen molar-refractivity contribution in [2.75, 3.05) is 21.3 Å². The van der Waals surface area contributed by atoms with Crippen LogP contribution in [0.25, 0.3) is 0 Å². The van der Waals surface area contributed by atoms with E-state index in [2.05, 4.69) is 4.72 Å². The Morgan fingerprint density at radius 2 is 1.58 bits per heavy atom. The maximum Gasteiger partial charge on any atom is 0.342 e. The Kier molecular flexibility index (Phi) is 9.82. The molecule has 0 amide bonds. The zero-order chi connectivity index (χ0) is 31.4. The number of carbonyl (C=O) groups is 1. The predicted molar refractivity (Wildman–Crippen MR) is 166 cm³/mol. The van der Waals surface area contributed by atoms with Gasteiger partial charge in [0.05, 0.1) is 32.3 Å². The van der Waals surface area contributed by atoms with E-state index in [1.165, 1.54) is 21.3 Å². The number of nitrogens with one attached hydrogen (secondary N) is 1. The van der Waals surface area contributed by atoms with Crippen molar-refractivity contribution in [2.24, 2.45) is 10.9 Å². The van der Waals surface area contributed by atoms with Gasteiger partial charge in [0.25, 0.3) is 0 Å². The number of aryl methyl sites for hydroxylation is 3. The largest absolute Gasteiger partial charge is 0.493 e. The van der Waals surface area contributed by atoms with Crippen molar-refractivity contribution in [3.8, 4) is 17.2 Å². The molecule has 1 aliphatic heterocycles. The number of sulfonamides is 1. The van der Waals surface area contributed by atoms with Crippen LogP contribution in [0.4, 0.5) is 0 Å². The summed E-state index contributed by atoms with van der Waals surface area (Å²) in [5.74, 6) is 0.544. The number of carbonyl (C=O) groups excluding carboxylic acids is 1. The Hall–Kier alpha value is -3.89. The molecule has 10 heteroatoms. The van der Waals surface area contributed by atoms with Crippen LogP contribution in [0, 0.1) is 19.8 Å². The van der Waals surface area contributed by atoms with Crippen LogP contribution in [0.3, 0.4) is 0 Å². The molecule has 2 unspecified atom stereocenters. The molecule has 0 bridgehead atoms. The summed E-state index contributed by atoms with van der Waals surface area (Å²) in [6, 6.07) is 17.4. The highest BCUT2D eigenvalue weighted by Gasteiger charge is 2.53. The topological polar surface area (TPSA) is 113 Å². The van der Waals surface area contributed by atoms with Crippen molar-refractivity contribution >= 4 is 21.9 Å². The van der Waals surface area contributed by atoms with Gasteiger partial charge in [-0.2, -0.15) is 0 Å². The Morgan fingerprint density at radius 1 is 0.930 bits per heavy atom. The number of cyclic esters (lactones) is 1. The van der Waals surface area contributed by atoms with Gasteiger partial charge in [-0.25, -0.2) is 22.9 Å². The molecule has 0 radical (unpaired) electrons. The van der Waals surface area contributed by atoms with Gasteiger partial charge in [-0.3, -0.25) is 0 Å². The molecule has 0 saturated heterocycles. The SMILES string of the molecule is COc1cc(C2=NC(CC(C)C)(C(CCc3ccccc3)NS(=O)(=O)c3cc(C)ccc3C)C(=O)O2)cc(OC)c1OC. The van der Waals surface area contributed by atoms with Gasteiger partial charge in [-0.15, -0.1) is 0 Å². The Balaban J connectivity index is 1.86. The molecular formula is C33H40N2O7S. The van der Waals surface area contributed by atoms with Crippen LogP contribution in [0.15, 0.2) is 70.6 Å². The van der Waals surface area contributed by atoms with E-state index in [1.54, 1.807) is 31.2 Å². The quantitative estimate of drug-likeness (QED) is 0.259. The van der Waals surface area contributed by atoms with Crippen LogP contribution in [0.2, 0.25) is 0 Å². The standard InChI is InChI=1S/C33H40N2O7S/c1-21(2)20-33(32(36)42-31(34-33)25-18-26(39-5)30(41-7)27(19-25)40-6)29(16-15-24-11-9-8-10-12-24)35-43(37,38)28-17-22(3)13-14-23(28)4/h8-14,17-19,21,29,35H,15-16,20H2,1-7H3. The second-order valence-electron chi connectivity index (χ2n) is 11.2. The Bertz CT molecular complexity index is 1580. The van der Waals surface area contributed by atoms with Gasteiger partial charge in [0.15, 0.2) is 17.0 Å². The lowest BCUT2D eigenvalue weighted by atomic mass is 9.81. The first kappa shape index (κ1) is 32.0. The first-order chi connectivity index (χ1) is 20.4. The summed E-state index contributed by atoms with van der Waals surface area (Å²) < 4.78 is 53.1. The molecule has 0 aromatic heterocycles. The number of hydrogen-bond acceptors (Lipinski definition) is 8. The molecule has 1 aliphatic rings. The molecule has 3 aromatic rings. The zero-order valence-corrected chi connectivity index (χ0v) is 26.6. The summed E-state index contributed by atoms with van der Waals surface area (Å²) in [4.78, 5) is 19.1. The third-order valence-electron chi connectivity index (χ3n) is 7.55. The summed E-state index contributed by atoms with van der Waals surface area (Å²) in [7, 11) is 0.441. The minimum Gasteiger partial charge on any atom is -0.493 e. The van der Waals surface area contributed by atoms with Crippen LogP contribution in [0.1, 0.15) is 48.9 Å². The fourth-order valence-corrected chi connectivity index (χ4v) is 7.11. The summed E-state index contributed by atoms with van der Waals surface area (Å²) >= 11 is 0. The lowest BCUT2D eigenvalue weighted by Gasteiger charge is -2.33. The molecule has 3 aromatic carbocycles. The van der Waals surface area contributed by atoms with E-state index in [4.69, 9.17) is 23.9 Å². The number of methoxy groups -OCH3 is 3. The molecular weight excluding hydrogens is 568 g/mol. The number of aliphatic imine (C=N–C) groups is 1. The first-order valence-electron chi connectivity index (χ1n) is 14.2. The van der Waals surface area contributed by atoms with Gasteiger partial charge in [0.1, 0.15) is 0 Å². The molecule has 4 rings (SSSR count). The number of rotatable bonds is 13. The summed E-state index contributed by atoms with van der Waals surface area (Å²) in [6.45, 7) is 7.53. The van der Waals surface area contributed by atoms with E-state index in [0.717, 1.165) is 11.1 Å². The molecule has 1 N–H and O–H groups in total. The minimum atomic E-state index is -4.05. The maximum absolute atomic E-state index is 14.0. The normalized spacial score (nSPS) is 17.4. The number of hydrogen-bond donors (Lipinski definition) is 1. The highest BCUT2D eigenvalue weighted by molar-refractivity contribution is 7.89. The minimum absolute atomic E-state index is 0.0139. The molecule has 0 saturated carbocycles. The fourth-order valence-electron chi connectivity index (χ4n) is 5.47. The van der Waals surface area contributed by atoms with Crippen LogP contribution in [0.5, 0.6) is 17.2 Å². The van der Waals surface area contributed by atoms with E-state index in [-0.39, 0.29) is 23.1 Å². The number of ether oxygens (including phenoxy) is 4. The molecule has 1 heterocycles. The van der Waals surface area contributed by atoms with Gasteiger partial charge < -0.3 is 18.9 Å². The summed E-state index contributed by atoms with van der Waals surface area (Å²) in [6.07, 6.45) is 1.08. The van der Waals surface area contributed by atoms with Gasteiger partial charge in [-0.1, -0.05) is 56.3 Å². The second-order valence-corrected chi connectivity index (χ2v) is 12.9. The van der Waals surface area contributed by atoms with Gasteiger partial charge in [0.2, 0.25) is 21.7 Å². The fraction of sp³-hybridized carbons (Fsp3) is 0.394. The van der Waals surface area contributed by atoms with E-state index in [1.807, 2.05) is 57.2 Å². The molecule has 43 heavy (non-hydrogen) atoms. The number of esters is 1. The first-order valence-corrected chi connectivity index (χ1v) is 15.7. The van der Waals surface area contributed by atoms with Crippen LogP contribution < -0.4 is 18.9 Å². The molecule has 0 spiro atoms. The monoisotopic (exact) mass is 608 g/mol. The Morgan fingerprint density at radius 3 is 2.16 bits per heavy atom. The third-order valence-corrected chi connectivity index (χ3v) is 9.16. The van der Waals surface area contributed by atoms with Gasteiger partial charge in [-0.05, 0) is 73.9 Å². The van der Waals surface area contributed by atoms with E-state index in [9.17, 15) is 13.2 Å². The van der Waals surface area contributed by atoms with E-state index in [0.29, 0.717) is 41.2 Å². The predicted octanol–water partition coefficient (Wildman–Crippen LogP) is 5.40. The maximum atomic E-state index is 14.0. The van der Waals surface area contributed by atoms with Crippen molar-refractivity contribution in [3.05, 3.63) is 82.9 Å². The van der Waals surface area contributed by atoms with E-state index >= 15 is 0 Å². The van der Waals surface area contributed by atoms with Crippen LogP contribution in [-0.2, 0) is 26.0 Å². The lowest BCUT2D eigenvalue weighted by Crippen LogP contribution is -2.55. The molecule has 2 atom stereocenters. The van der Waals surface area contributed by atoms with Crippen LogP contribution >= 0.6 is 0 Å². The molecule has 230 valence electrons. The van der Waals surface area contributed by atoms with Gasteiger partial charge >= 0.3 is 5.97 Å².